The maximum atomic E-state index is 13.0. The zero-order valence-corrected chi connectivity index (χ0v) is 11.8. The molecule has 3 aromatic rings. The topological polar surface area (TPSA) is 72.7 Å². The Morgan fingerprint density at radius 1 is 1.23 bits per heavy atom. The van der Waals surface area contributed by atoms with Gasteiger partial charge in [0.25, 0.3) is 5.91 Å². The van der Waals surface area contributed by atoms with Crippen LogP contribution in [-0.4, -0.2) is 26.1 Å². The number of aromatic nitrogens is 4. The summed E-state index contributed by atoms with van der Waals surface area (Å²) in [4.78, 5) is 12.2. The third-order valence-electron chi connectivity index (χ3n) is 2.90. The van der Waals surface area contributed by atoms with Crippen LogP contribution in [0.15, 0.2) is 48.8 Å². The molecule has 0 radical (unpaired) electrons. The van der Waals surface area contributed by atoms with Crippen LogP contribution in [0.1, 0.15) is 10.4 Å². The molecule has 0 spiro atoms. The zero-order valence-electron chi connectivity index (χ0n) is 11.1. The van der Waals surface area contributed by atoms with Gasteiger partial charge in [-0.1, -0.05) is 17.7 Å². The molecule has 0 bridgehead atoms. The molecule has 1 aromatic heterocycles. The number of rotatable bonds is 3. The van der Waals surface area contributed by atoms with Gasteiger partial charge < -0.3 is 5.32 Å². The van der Waals surface area contributed by atoms with Gasteiger partial charge in [-0.3, -0.25) is 4.79 Å². The van der Waals surface area contributed by atoms with Crippen molar-refractivity contribution in [3.63, 3.8) is 0 Å². The fourth-order valence-electron chi connectivity index (χ4n) is 1.85. The lowest BCUT2D eigenvalue weighted by atomic mass is 10.2. The minimum absolute atomic E-state index is 0.130. The van der Waals surface area contributed by atoms with E-state index in [0.29, 0.717) is 16.9 Å². The molecule has 1 heterocycles. The number of halogens is 2. The Balaban J connectivity index is 1.85. The number of benzene rings is 2. The van der Waals surface area contributed by atoms with E-state index in [2.05, 4.69) is 20.8 Å². The first-order valence-electron chi connectivity index (χ1n) is 6.23. The molecule has 0 saturated carbocycles. The lowest BCUT2D eigenvalue weighted by Gasteiger charge is -2.08. The van der Waals surface area contributed by atoms with Crippen molar-refractivity contribution in [1.82, 2.24) is 20.2 Å². The highest BCUT2D eigenvalue weighted by atomic mass is 35.5. The van der Waals surface area contributed by atoms with E-state index in [0.717, 1.165) is 6.07 Å². The van der Waals surface area contributed by atoms with Crippen LogP contribution in [-0.2, 0) is 0 Å². The second kappa shape index (κ2) is 5.90. The van der Waals surface area contributed by atoms with Gasteiger partial charge in [-0.05, 0) is 46.8 Å². The fraction of sp³-hybridized carbons (Fsp3) is 0. The third-order valence-corrected chi connectivity index (χ3v) is 3.21. The van der Waals surface area contributed by atoms with E-state index in [4.69, 9.17) is 11.6 Å². The molecular weight excluding hydrogens is 309 g/mol. The highest BCUT2D eigenvalue weighted by Gasteiger charge is 2.10. The molecule has 1 N–H and O–H groups in total. The summed E-state index contributed by atoms with van der Waals surface area (Å²) in [7, 11) is 0. The van der Waals surface area contributed by atoms with Crippen molar-refractivity contribution in [2.45, 2.75) is 0 Å². The molecule has 0 aliphatic rings. The first kappa shape index (κ1) is 14.2. The predicted molar refractivity (Wildman–Crippen MR) is 78.5 cm³/mol. The van der Waals surface area contributed by atoms with Crippen molar-refractivity contribution in [2.24, 2.45) is 0 Å². The Morgan fingerprint density at radius 3 is 2.82 bits per heavy atom. The second-order valence-corrected chi connectivity index (χ2v) is 4.79. The average Bonchev–Trinajstić information content (AvgIpc) is 3.04. The van der Waals surface area contributed by atoms with Gasteiger partial charge >= 0.3 is 0 Å². The number of nitrogens with one attached hydrogen (secondary N) is 1. The van der Waals surface area contributed by atoms with Crippen molar-refractivity contribution >= 4 is 23.2 Å². The summed E-state index contributed by atoms with van der Waals surface area (Å²) < 4.78 is 14.4. The first-order valence-corrected chi connectivity index (χ1v) is 6.61. The molecule has 0 aliphatic heterocycles. The van der Waals surface area contributed by atoms with E-state index in [-0.39, 0.29) is 10.9 Å². The number of tetrazole rings is 1. The van der Waals surface area contributed by atoms with Crippen LogP contribution < -0.4 is 5.32 Å². The van der Waals surface area contributed by atoms with Crippen molar-refractivity contribution in [1.29, 1.82) is 0 Å². The summed E-state index contributed by atoms with van der Waals surface area (Å²) in [6.45, 7) is 0. The largest absolute Gasteiger partial charge is 0.321 e. The van der Waals surface area contributed by atoms with Gasteiger partial charge in [-0.2, -0.15) is 0 Å². The molecule has 6 nitrogen and oxygen atoms in total. The van der Waals surface area contributed by atoms with Gasteiger partial charge in [0.2, 0.25) is 0 Å². The summed E-state index contributed by atoms with van der Waals surface area (Å²) in [5, 5.41) is 13.6. The number of hydrogen-bond donors (Lipinski definition) is 1. The van der Waals surface area contributed by atoms with Crippen LogP contribution in [0.3, 0.4) is 0 Å². The first-order chi connectivity index (χ1) is 10.6. The van der Waals surface area contributed by atoms with Crippen LogP contribution in [0.2, 0.25) is 5.02 Å². The number of anilines is 1. The van der Waals surface area contributed by atoms with Gasteiger partial charge in [-0.25, -0.2) is 9.07 Å². The van der Waals surface area contributed by atoms with Crippen LogP contribution in [0.4, 0.5) is 10.1 Å². The molecule has 2 aromatic carbocycles. The van der Waals surface area contributed by atoms with Crippen molar-refractivity contribution < 1.29 is 9.18 Å². The molecule has 3 rings (SSSR count). The van der Waals surface area contributed by atoms with Crippen LogP contribution >= 0.6 is 11.6 Å². The van der Waals surface area contributed by atoms with Crippen molar-refractivity contribution in [3.05, 3.63) is 65.2 Å². The normalized spacial score (nSPS) is 10.5. The van der Waals surface area contributed by atoms with Gasteiger partial charge in [0.05, 0.1) is 16.4 Å². The summed E-state index contributed by atoms with van der Waals surface area (Å²) >= 11 is 5.89. The molecule has 0 aliphatic carbocycles. The number of carbonyl (C=O) groups excluding carboxylic acids is 1. The molecule has 1 amide bonds. The molecule has 0 unspecified atom stereocenters. The molecule has 8 heteroatoms. The van der Waals surface area contributed by atoms with Crippen LogP contribution in [0.5, 0.6) is 0 Å². The Bertz CT molecular complexity index is 822. The van der Waals surface area contributed by atoms with Gasteiger partial charge in [0.15, 0.2) is 0 Å². The highest BCUT2D eigenvalue weighted by Crippen LogP contribution is 2.23. The van der Waals surface area contributed by atoms with Gasteiger partial charge in [0.1, 0.15) is 12.1 Å². The van der Waals surface area contributed by atoms with Crippen LogP contribution in [0.25, 0.3) is 5.69 Å². The van der Waals surface area contributed by atoms with E-state index in [1.54, 1.807) is 24.3 Å². The van der Waals surface area contributed by atoms with Crippen molar-refractivity contribution in [3.8, 4) is 5.69 Å². The number of hydrogen-bond acceptors (Lipinski definition) is 4. The van der Waals surface area contributed by atoms with Gasteiger partial charge in [0, 0.05) is 5.56 Å². The number of carbonyl (C=O) groups is 1. The standard InChI is InChI=1S/C14H9ClFN5O/c15-12-7-10(16)4-5-13(12)18-14(22)9-2-1-3-11(6-9)21-8-17-19-20-21/h1-8H,(H,18,22). The molecular formula is C14H9ClFN5O. The lowest BCUT2D eigenvalue weighted by molar-refractivity contribution is 0.102. The predicted octanol–water partition coefficient (Wildman–Crippen LogP) is 2.71. The maximum absolute atomic E-state index is 13.0. The average molecular weight is 318 g/mol. The zero-order chi connectivity index (χ0) is 15.5. The Morgan fingerprint density at radius 2 is 2.09 bits per heavy atom. The quantitative estimate of drug-likeness (QED) is 0.806. The monoisotopic (exact) mass is 317 g/mol. The molecule has 0 saturated heterocycles. The van der Waals surface area contributed by atoms with E-state index in [1.807, 2.05) is 0 Å². The molecule has 0 atom stereocenters. The molecule has 22 heavy (non-hydrogen) atoms. The summed E-state index contributed by atoms with van der Waals surface area (Å²) in [5.41, 5.74) is 1.37. The minimum atomic E-state index is -0.469. The van der Waals surface area contributed by atoms with E-state index < -0.39 is 5.82 Å². The maximum Gasteiger partial charge on any atom is 0.255 e. The fourth-order valence-corrected chi connectivity index (χ4v) is 2.07. The molecule has 110 valence electrons. The van der Waals surface area contributed by atoms with Gasteiger partial charge in [-0.15, -0.1) is 5.10 Å². The number of nitrogens with zero attached hydrogens (tertiary/aromatic N) is 4. The van der Waals surface area contributed by atoms with E-state index >= 15 is 0 Å². The Labute approximate surface area is 129 Å². The Kier molecular flexibility index (Phi) is 3.80. The van der Waals surface area contributed by atoms with E-state index in [9.17, 15) is 9.18 Å². The lowest BCUT2D eigenvalue weighted by Crippen LogP contribution is -2.12. The second-order valence-electron chi connectivity index (χ2n) is 4.38. The van der Waals surface area contributed by atoms with Crippen LogP contribution in [0, 0.1) is 5.82 Å². The minimum Gasteiger partial charge on any atom is -0.321 e. The SMILES string of the molecule is O=C(Nc1ccc(F)cc1Cl)c1cccc(-n2cnnn2)c1. The number of amides is 1. The highest BCUT2D eigenvalue weighted by molar-refractivity contribution is 6.33. The summed E-state index contributed by atoms with van der Waals surface area (Å²) in [5.74, 6) is -0.841. The summed E-state index contributed by atoms with van der Waals surface area (Å²) in [6, 6.07) is 10.5. The smallest absolute Gasteiger partial charge is 0.255 e. The third kappa shape index (κ3) is 2.94. The Hall–Kier alpha value is -2.80. The summed E-state index contributed by atoms with van der Waals surface area (Å²) in [6.07, 6.45) is 1.42. The van der Waals surface area contributed by atoms with E-state index in [1.165, 1.54) is 23.1 Å². The van der Waals surface area contributed by atoms with Crippen molar-refractivity contribution in [2.75, 3.05) is 5.32 Å². The molecule has 0 fully saturated rings.